The Morgan fingerprint density at radius 2 is 2.06 bits per heavy atom. The molecule has 1 aromatic rings. The van der Waals surface area contributed by atoms with Gasteiger partial charge in [-0.1, -0.05) is 13.3 Å². The second kappa shape index (κ2) is 5.02. The molecule has 3 nitrogen and oxygen atoms in total. The Balaban J connectivity index is 1.49. The van der Waals surface area contributed by atoms with Gasteiger partial charge in [-0.2, -0.15) is 0 Å². The summed E-state index contributed by atoms with van der Waals surface area (Å²) in [4.78, 5) is 0. The lowest BCUT2D eigenvalue weighted by Gasteiger charge is -1.99. The Morgan fingerprint density at radius 1 is 1.24 bits per heavy atom. The smallest absolute Gasteiger partial charge is 0.121 e. The Kier molecular flexibility index (Phi) is 3.43. The summed E-state index contributed by atoms with van der Waals surface area (Å²) in [6.07, 6.45) is 6.55. The summed E-state index contributed by atoms with van der Waals surface area (Å²) in [5, 5.41) is 14.7. The standard InChI is InChI=1S/C13H21N3S/c1-2-7-14-8-6-11-15-16-13(17-11)12-9-4-3-5-10(9)12/h9-10,12,14H,2-8H2,1H3. The fourth-order valence-electron chi connectivity index (χ4n) is 3.19. The first kappa shape index (κ1) is 11.6. The highest BCUT2D eigenvalue weighted by molar-refractivity contribution is 7.11. The molecular formula is C13H21N3S. The van der Waals surface area contributed by atoms with E-state index < -0.39 is 0 Å². The van der Waals surface area contributed by atoms with Crippen LogP contribution >= 0.6 is 11.3 Å². The fraction of sp³-hybridized carbons (Fsp3) is 0.846. The highest BCUT2D eigenvalue weighted by Gasteiger charge is 2.54. The van der Waals surface area contributed by atoms with Gasteiger partial charge in [-0.25, -0.2) is 0 Å². The third kappa shape index (κ3) is 2.38. The van der Waals surface area contributed by atoms with Gasteiger partial charge in [-0.3, -0.25) is 0 Å². The van der Waals surface area contributed by atoms with E-state index in [2.05, 4.69) is 22.4 Å². The van der Waals surface area contributed by atoms with Crippen molar-refractivity contribution in [1.29, 1.82) is 0 Å². The Labute approximate surface area is 107 Å². The van der Waals surface area contributed by atoms with Crippen LogP contribution in [0.5, 0.6) is 0 Å². The van der Waals surface area contributed by atoms with Gasteiger partial charge in [0.1, 0.15) is 10.0 Å². The first-order chi connectivity index (χ1) is 8.40. The SMILES string of the molecule is CCCNCCc1nnc(C2C3CCCC32)s1. The van der Waals surface area contributed by atoms with Crippen LogP contribution in [0.2, 0.25) is 0 Å². The molecule has 0 aromatic carbocycles. The molecule has 4 heteroatoms. The number of rotatable bonds is 6. The molecule has 2 aliphatic rings. The zero-order chi connectivity index (χ0) is 11.7. The van der Waals surface area contributed by atoms with Crippen molar-refractivity contribution in [2.45, 2.75) is 44.9 Å². The molecule has 0 bridgehead atoms. The average Bonchev–Trinajstić information content (AvgIpc) is 2.77. The molecule has 2 unspecified atom stereocenters. The molecule has 1 N–H and O–H groups in total. The van der Waals surface area contributed by atoms with E-state index in [-0.39, 0.29) is 0 Å². The van der Waals surface area contributed by atoms with Gasteiger partial charge < -0.3 is 5.32 Å². The summed E-state index contributed by atoms with van der Waals surface area (Å²) in [5.41, 5.74) is 0. The summed E-state index contributed by atoms with van der Waals surface area (Å²) >= 11 is 1.86. The highest BCUT2D eigenvalue weighted by Crippen LogP contribution is 2.63. The summed E-state index contributed by atoms with van der Waals surface area (Å²) in [5.74, 6) is 2.72. The number of nitrogens with one attached hydrogen (secondary N) is 1. The van der Waals surface area contributed by atoms with Crippen molar-refractivity contribution in [2.75, 3.05) is 13.1 Å². The van der Waals surface area contributed by atoms with Crippen LogP contribution in [0.1, 0.15) is 48.5 Å². The monoisotopic (exact) mass is 251 g/mol. The number of nitrogens with zero attached hydrogens (tertiary/aromatic N) is 2. The summed E-state index contributed by atoms with van der Waals surface area (Å²) < 4.78 is 0. The van der Waals surface area contributed by atoms with E-state index >= 15 is 0 Å². The van der Waals surface area contributed by atoms with Crippen LogP contribution in [-0.2, 0) is 6.42 Å². The Morgan fingerprint density at radius 3 is 2.82 bits per heavy atom. The van der Waals surface area contributed by atoms with Crippen molar-refractivity contribution in [1.82, 2.24) is 15.5 Å². The lowest BCUT2D eigenvalue weighted by Crippen LogP contribution is -2.17. The maximum atomic E-state index is 4.40. The van der Waals surface area contributed by atoms with Crippen LogP contribution < -0.4 is 5.32 Å². The lowest BCUT2D eigenvalue weighted by atomic mass is 10.2. The van der Waals surface area contributed by atoms with Crippen molar-refractivity contribution in [3.8, 4) is 0 Å². The van der Waals surface area contributed by atoms with Gasteiger partial charge in [-0.05, 0) is 37.6 Å². The minimum absolute atomic E-state index is 0.790. The number of hydrogen-bond acceptors (Lipinski definition) is 4. The van der Waals surface area contributed by atoms with Gasteiger partial charge in [-0.15, -0.1) is 21.5 Å². The van der Waals surface area contributed by atoms with Gasteiger partial charge in [0.15, 0.2) is 0 Å². The molecule has 0 amide bonds. The van der Waals surface area contributed by atoms with E-state index in [1.165, 1.54) is 35.7 Å². The molecule has 0 aliphatic heterocycles. The fourth-order valence-corrected chi connectivity index (χ4v) is 4.28. The maximum Gasteiger partial charge on any atom is 0.121 e. The topological polar surface area (TPSA) is 37.8 Å². The van der Waals surface area contributed by atoms with Crippen molar-refractivity contribution in [2.24, 2.45) is 11.8 Å². The molecule has 17 heavy (non-hydrogen) atoms. The van der Waals surface area contributed by atoms with Gasteiger partial charge in [0.2, 0.25) is 0 Å². The zero-order valence-corrected chi connectivity index (χ0v) is 11.3. The van der Waals surface area contributed by atoms with E-state index in [1.807, 2.05) is 11.3 Å². The van der Waals surface area contributed by atoms with Gasteiger partial charge >= 0.3 is 0 Å². The van der Waals surface area contributed by atoms with Gasteiger partial charge in [0.25, 0.3) is 0 Å². The predicted octanol–water partition coefficient (Wildman–Crippen LogP) is 2.59. The molecule has 2 saturated carbocycles. The van der Waals surface area contributed by atoms with Crippen LogP contribution in [0.15, 0.2) is 0 Å². The van der Waals surface area contributed by atoms with E-state index in [1.54, 1.807) is 0 Å². The van der Waals surface area contributed by atoms with E-state index in [9.17, 15) is 0 Å². The van der Waals surface area contributed by atoms with Crippen LogP contribution in [0.3, 0.4) is 0 Å². The van der Waals surface area contributed by atoms with Crippen LogP contribution in [0, 0.1) is 11.8 Å². The molecule has 1 heterocycles. The minimum Gasteiger partial charge on any atom is -0.316 e. The third-order valence-electron chi connectivity index (χ3n) is 4.12. The minimum atomic E-state index is 0.790. The molecular weight excluding hydrogens is 230 g/mol. The van der Waals surface area contributed by atoms with Crippen LogP contribution in [-0.4, -0.2) is 23.3 Å². The average molecular weight is 251 g/mol. The molecule has 1 aromatic heterocycles. The normalized spacial score (nSPS) is 30.5. The van der Waals surface area contributed by atoms with Crippen LogP contribution in [0.4, 0.5) is 0 Å². The summed E-state index contributed by atoms with van der Waals surface area (Å²) in [6, 6.07) is 0. The first-order valence-corrected chi connectivity index (χ1v) is 7.74. The molecule has 2 atom stereocenters. The van der Waals surface area contributed by atoms with Crippen molar-refractivity contribution < 1.29 is 0 Å². The van der Waals surface area contributed by atoms with E-state index in [0.29, 0.717) is 0 Å². The zero-order valence-electron chi connectivity index (χ0n) is 10.5. The Bertz CT molecular complexity index is 366. The number of fused-ring (bicyclic) bond motifs is 1. The highest BCUT2D eigenvalue weighted by atomic mass is 32.1. The first-order valence-electron chi connectivity index (χ1n) is 6.93. The maximum absolute atomic E-state index is 4.40. The van der Waals surface area contributed by atoms with Crippen molar-refractivity contribution >= 4 is 11.3 Å². The van der Waals surface area contributed by atoms with Gasteiger partial charge in [0.05, 0.1) is 0 Å². The second-order valence-corrected chi connectivity index (χ2v) is 6.41. The molecule has 2 fully saturated rings. The third-order valence-corrected chi connectivity index (χ3v) is 5.20. The molecule has 2 aliphatic carbocycles. The molecule has 0 spiro atoms. The van der Waals surface area contributed by atoms with E-state index in [0.717, 1.165) is 37.3 Å². The molecule has 3 rings (SSSR count). The Hall–Kier alpha value is -0.480. The van der Waals surface area contributed by atoms with Crippen LogP contribution in [0.25, 0.3) is 0 Å². The largest absolute Gasteiger partial charge is 0.316 e. The quantitative estimate of drug-likeness (QED) is 0.790. The molecule has 0 radical (unpaired) electrons. The van der Waals surface area contributed by atoms with Gasteiger partial charge in [0, 0.05) is 18.9 Å². The van der Waals surface area contributed by atoms with E-state index in [4.69, 9.17) is 0 Å². The summed E-state index contributed by atoms with van der Waals surface area (Å²) in [7, 11) is 0. The predicted molar refractivity (Wildman–Crippen MR) is 70.3 cm³/mol. The molecule has 94 valence electrons. The number of aromatic nitrogens is 2. The second-order valence-electron chi connectivity index (χ2n) is 5.32. The molecule has 0 saturated heterocycles. The van der Waals surface area contributed by atoms with Crippen molar-refractivity contribution in [3.63, 3.8) is 0 Å². The van der Waals surface area contributed by atoms with Crippen molar-refractivity contribution in [3.05, 3.63) is 10.0 Å². The summed E-state index contributed by atoms with van der Waals surface area (Å²) in [6.45, 7) is 4.35. The lowest BCUT2D eigenvalue weighted by molar-refractivity contribution is 0.664. The number of hydrogen-bond donors (Lipinski definition) is 1.